The van der Waals surface area contributed by atoms with Gasteiger partial charge in [0.15, 0.2) is 0 Å². The molecule has 1 unspecified atom stereocenters. The summed E-state index contributed by atoms with van der Waals surface area (Å²) in [6.45, 7) is 4.78. The summed E-state index contributed by atoms with van der Waals surface area (Å²) in [5, 5.41) is 9.36. The van der Waals surface area contributed by atoms with Crippen LogP contribution in [0, 0.1) is 0 Å². The van der Waals surface area contributed by atoms with Crippen LogP contribution >= 0.6 is 0 Å². The van der Waals surface area contributed by atoms with Crippen LogP contribution in [0.15, 0.2) is 194 Å². The molecule has 10 aromatic rings. The van der Waals surface area contributed by atoms with Crippen molar-refractivity contribution in [1.82, 2.24) is 19.9 Å². The van der Waals surface area contributed by atoms with Gasteiger partial charge in [-0.25, -0.2) is 9.97 Å². The maximum Gasteiger partial charge on any atom is 0.0979 e. The monoisotopic (exact) mass is 818 g/mol. The van der Waals surface area contributed by atoms with Gasteiger partial charge in [0.2, 0.25) is 0 Å². The Morgan fingerprint density at radius 1 is 0.547 bits per heavy atom. The maximum atomic E-state index is 5.33. The molecule has 13 rings (SSSR count). The van der Waals surface area contributed by atoms with Crippen LogP contribution in [0.1, 0.15) is 60.6 Å². The largest absolute Gasteiger partial charge is 0.252 e. The third-order valence-electron chi connectivity index (χ3n) is 14.1. The smallest absolute Gasteiger partial charge is 0.0979 e. The Morgan fingerprint density at radius 3 is 1.77 bits per heavy atom. The normalized spacial score (nSPS) is 16.8. The molecule has 1 atom stereocenters. The van der Waals surface area contributed by atoms with Crippen LogP contribution < -0.4 is 0 Å². The summed E-state index contributed by atoms with van der Waals surface area (Å²) in [7, 11) is 0. The van der Waals surface area contributed by atoms with E-state index in [2.05, 4.69) is 190 Å². The van der Waals surface area contributed by atoms with Crippen molar-refractivity contribution >= 4 is 81.9 Å². The molecule has 302 valence electrons. The lowest BCUT2D eigenvalue weighted by Gasteiger charge is -2.24. The van der Waals surface area contributed by atoms with Gasteiger partial charge in [-0.1, -0.05) is 172 Å². The van der Waals surface area contributed by atoms with E-state index in [0.29, 0.717) is 0 Å². The summed E-state index contributed by atoms with van der Waals surface area (Å²) < 4.78 is 0. The third kappa shape index (κ3) is 5.62. The van der Waals surface area contributed by atoms with E-state index >= 15 is 0 Å². The summed E-state index contributed by atoms with van der Waals surface area (Å²) in [6.07, 6.45) is 19.9. The number of allylic oxidation sites excluding steroid dienone is 10. The molecule has 4 nitrogen and oxygen atoms in total. The minimum absolute atomic E-state index is 0.0990. The average molecular weight is 819 g/mol. The van der Waals surface area contributed by atoms with Crippen molar-refractivity contribution in [1.29, 1.82) is 0 Å². The van der Waals surface area contributed by atoms with E-state index in [-0.39, 0.29) is 11.3 Å². The number of benzene rings is 8. The highest BCUT2D eigenvalue weighted by Gasteiger charge is 2.39. The van der Waals surface area contributed by atoms with Gasteiger partial charge in [0.1, 0.15) is 0 Å². The second-order valence-corrected chi connectivity index (χ2v) is 18.0. The van der Waals surface area contributed by atoms with E-state index in [9.17, 15) is 0 Å². The van der Waals surface area contributed by atoms with Crippen molar-refractivity contribution in [3.05, 3.63) is 222 Å². The fourth-order valence-electron chi connectivity index (χ4n) is 10.9. The lowest BCUT2D eigenvalue weighted by Crippen LogP contribution is -2.16. The van der Waals surface area contributed by atoms with Gasteiger partial charge in [-0.05, 0) is 97.1 Å². The molecule has 3 aliphatic carbocycles. The van der Waals surface area contributed by atoms with Crippen molar-refractivity contribution in [2.45, 2.75) is 38.0 Å². The van der Waals surface area contributed by atoms with Gasteiger partial charge in [-0.15, -0.1) is 0 Å². The van der Waals surface area contributed by atoms with Gasteiger partial charge in [-0.2, -0.15) is 0 Å². The molecule has 64 heavy (non-hydrogen) atoms. The van der Waals surface area contributed by atoms with Gasteiger partial charge in [-0.3, -0.25) is 9.97 Å². The van der Waals surface area contributed by atoms with E-state index in [1.165, 1.54) is 60.5 Å². The third-order valence-corrected chi connectivity index (χ3v) is 14.1. The Hall–Kier alpha value is -7.82. The highest BCUT2D eigenvalue weighted by molar-refractivity contribution is 6.24. The summed E-state index contributed by atoms with van der Waals surface area (Å²) in [5.41, 5.74) is 16.8. The molecular weight excluding hydrogens is 777 g/mol. The van der Waals surface area contributed by atoms with Gasteiger partial charge in [0, 0.05) is 38.4 Å². The highest BCUT2D eigenvalue weighted by Crippen LogP contribution is 2.52. The van der Waals surface area contributed by atoms with Gasteiger partial charge < -0.3 is 0 Å². The first kappa shape index (κ1) is 36.8. The Labute approximate surface area is 371 Å². The highest BCUT2D eigenvalue weighted by atomic mass is 14.8. The molecule has 0 aliphatic heterocycles. The molecule has 0 fully saturated rings. The summed E-state index contributed by atoms with van der Waals surface area (Å²) in [5.74, 6) is 0.0990. The Bertz CT molecular complexity index is 3750. The quantitative estimate of drug-likeness (QED) is 0.166. The maximum absolute atomic E-state index is 5.33. The topological polar surface area (TPSA) is 51.6 Å². The molecule has 0 saturated heterocycles. The number of aromatic nitrogens is 4. The van der Waals surface area contributed by atoms with E-state index in [0.717, 1.165) is 79.0 Å². The molecule has 0 N–H and O–H groups in total. The number of fused-ring (bicyclic) bond motifs is 15. The summed E-state index contributed by atoms with van der Waals surface area (Å²) >= 11 is 0. The van der Waals surface area contributed by atoms with Crippen molar-refractivity contribution in [3.8, 4) is 11.3 Å². The predicted molar refractivity (Wildman–Crippen MR) is 267 cm³/mol. The first-order valence-electron chi connectivity index (χ1n) is 22.4. The van der Waals surface area contributed by atoms with E-state index < -0.39 is 0 Å². The van der Waals surface area contributed by atoms with Gasteiger partial charge in [0.25, 0.3) is 0 Å². The van der Waals surface area contributed by atoms with Crippen LogP contribution in [0.5, 0.6) is 0 Å². The van der Waals surface area contributed by atoms with E-state index in [1.54, 1.807) is 0 Å². The predicted octanol–water partition coefficient (Wildman–Crippen LogP) is 15.1. The van der Waals surface area contributed by atoms with Crippen molar-refractivity contribution in [3.63, 3.8) is 0 Å². The molecular formula is C60H42N4. The molecule has 4 heteroatoms. The van der Waals surface area contributed by atoms with Crippen molar-refractivity contribution < 1.29 is 0 Å². The van der Waals surface area contributed by atoms with Crippen LogP contribution in [0.3, 0.4) is 0 Å². The standard InChI is InChI=1S/C60H42N4/c1-60(2)52-32-38(36-14-11-17-40(30-36)54-34-61-56-48-23-7-3-19-42(48)44-21-5-9-25-50(44)58(56)63-54)16-13-27-46(52)47-29-28-39(33-53(47)60)37-15-12-18-41(31-37)55-35-62-57-49-24-8-4-20-43(49)45-22-6-10-26-51(45)59(57)64-55/h3-11,13-14,16-35,38H,12,15H2,1-2H3. The molecule has 0 bridgehead atoms. The van der Waals surface area contributed by atoms with Crippen LogP contribution in [0.2, 0.25) is 0 Å². The fraction of sp³-hybridized carbons (Fsp3) is 0.100. The molecule has 0 saturated carbocycles. The Kier molecular flexibility index (Phi) is 8.11. The Morgan fingerprint density at radius 2 is 1.12 bits per heavy atom. The molecule has 2 heterocycles. The van der Waals surface area contributed by atoms with E-state index in [4.69, 9.17) is 19.9 Å². The zero-order chi connectivity index (χ0) is 42.5. The number of hydrogen-bond acceptors (Lipinski definition) is 4. The number of rotatable bonds is 4. The first-order valence-corrected chi connectivity index (χ1v) is 22.4. The zero-order valence-corrected chi connectivity index (χ0v) is 35.7. The molecule has 0 spiro atoms. The minimum Gasteiger partial charge on any atom is -0.252 e. The molecule has 2 aromatic heterocycles. The van der Waals surface area contributed by atoms with Crippen molar-refractivity contribution in [2.75, 3.05) is 0 Å². The second-order valence-electron chi connectivity index (χ2n) is 18.0. The van der Waals surface area contributed by atoms with Crippen LogP contribution in [0.25, 0.3) is 93.1 Å². The number of nitrogens with zero attached hydrogens (tertiary/aromatic N) is 4. The zero-order valence-electron chi connectivity index (χ0n) is 35.7. The fourth-order valence-corrected chi connectivity index (χ4v) is 10.9. The summed E-state index contributed by atoms with van der Waals surface area (Å²) in [6, 6.07) is 50.2. The average Bonchev–Trinajstić information content (AvgIpc) is 3.47. The SMILES string of the molecule is CC1(C)C2=CC(c3cccc(-c4cnc5c6ccccc6c6ccccc6c5n4)c3)C=CC=C2c2ccc(C3=CC(c4cnc5c6ccccc6c6ccccc6c5n4)=CCC3)cc21. The van der Waals surface area contributed by atoms with Crippen LogP contribution in [0.4, 0.5) is 0 Å². The summed E-state index contributed by atoms with van der Waals surface area (Å²) in [4.78, 5) is 20.8. The van der Waals surface area contributed by atoms with Crippen LogP contribution in [-0.4, -0.2) is 19.9 Å². The molecule has 8 aromatic carbocycles. The second kappa shape index (κ2) is 14.1. The lowest BCUT2D eigenvalue weighted by molar-refractivity contribution is 0.656. The van der Waals surface area contributed by atoms with Gasteiger partial charge in [0.05, 0.1) is 45.8 Å². The molecule has 3 aliphatic rings. The van der Waals surface area contributed by atoms with Gasteiger partial charge >= 0.3 is 0 Å². The van der Waals surface area contributed by atoms with Crippen molar-refractivity contribution in [2.24, 2.45) is 0 Å². The van der Waals surface area contributed by atoms with E-state index in [1.807, 2.05) is 12.4 Å². The first-order chi connectivity index (χ1) is 31.5. The minimum atomic E-state index is -0.186. The Balaban J connectivity index is 0.833. The van der Waals surface area contributed by atoms with Crippen LogP contribution in [-0.2, 0) is 5.41 Å². The lowest BCUT2D eigenvalue weighted by atomic mass is 9.79. The molecule has 0 amide bonds. The number of hydrogen-bond donors (Lipinski definition) is 0. The molecule has 0 radical (unpaired) electrons.